The summed E-state index contributed by atoms with van der Waals surface area (Å²) in [4.78, 5) is 87.5. The SMILES string of the molecule is CC(=O)[C@H](CO)NC(=O)[C@@H]1CCCN1C(=O)/C=N/NC(=O)[C@H](CC(C)C)NC(=O)[C@H](CC(N)=O)NC(=O)[C@@H](N)[C@H](C)O. The number of rotatable bonds is 16. The number of aliphatic hydroxyl groups excluding tert-OH is 2. The molecule has 236 valence electrons. The average Bonchev–Trinajstić information content (AvgIpc) is 3.39. The Bertz CT molecular complexity index is 1050. The predicted octanol–water partition coefficient (Wildman–Crippen LogP) is -4.26. The van der Waals surface area contributed by atoms with Crippen molar-refractivity contribution in [2.45, 2.75) is 89.7 Å². The van der Waals surface area contributed by atoms with Gasteiger partial charge in [-0.25, -0.2) is 5.43 Å². The van der Waals surface area contributed by atoms with E-state index in [1.807, 2.05) is 0 Å². The molecule has 0 aromatic heterocycles. The van der Waals surface area contributed by atoms with Gasteiger partial charge in [0.15, 0.2) is 5.78 Å². The molecule has 0 radical (unpaired) electrons. The van der Waals surface area contributed by atoms with Gasteiger partial charge in [-0.3, -0.25) is 33.6 Å². The minimum Gasteiger partial charge on any atom is -0.394 e. The molecule has 42 heavy (non-hydrogen) atoms. The largest absolute Gasteiger partial charge is 0.394 e. The van der Waals surface area contributed by atoms with Gasteiger partial charge >= 0.3 is 0 Å². The number of ketones is 1. The third-order valence-electron chi connectivity index (χ3n) is 6.38. The van der Waals surface area contributed by atoms with Crippen LogP contribution >= 0.6 is 0 Å². The van der Waals surface area contributed by atoms with Crippen molar-refractivity contribution in [3.8, 4) is 0 Å². The second-order valence-corrected chi connectivity index (χ2v) is 10.5. The molecule has 0 spiro atoms. The number of likely N-dealkylation sites (tertiary alicyclic amines) is 1. The molecule has 0 unspecified atom stereocenters. The van der Waals surface area contributed by atoms with Crippen molar-refractivity contribution in [1.29, 1.82) is 0 Å². The van der Waals surface area contributed by atoms with Gasteiger partial charge in [-0.2, -0.15) is 5.10 Å². The van der Waals surface area contributed by atoms with Crippen LogP contribution in [-0.4, -0.2) is 112 Å². The number of nitrogens with two attached hydrogens (primary N) is 2. The summed E-state index contributed by atoms with van der Waals surface area (Å²) in [5.41, 5.74) is 12.9. The number of carbonyl (C=O) groups is 7. The smallest absolute Gasteiger partial charge is 0.267 e. The minimum absolute atomic E-state index is 0.110. The van der Waals surface area contributed by atoms with Crippen LogP contribution in [0.25, 0.3) is 0 Å². The molecule has 0 aromatic carbocycles. The van der Waals surface area contributed by atoms with Crippen molar-refractivity contribution in [3.63, 3.8) is 0 Å². The normalized spacial score (nSPS) is 18.5. The van der Waals surface area contributed by atoms with Gasteiger partial charge in [0.1, 0.15) is 36.4 Å². The maximum Gasteiger partial charge on any atom is 0.267 e. The standard InChI is InChI=1S/C25H42N8O9/c1-12(2)8-15(29-22(39)16(9-19(26)37)30-25(42)21(27)14(4)36)23(40)32-28-10-20(38)33-7-5-6-18(33)24(41)31-17(11-34)13(3)35/h10,12,14-18,21,34,36H,5-9,11,27H2,1-4H3,(H2,26,37)(H,29,39)(H,30,42)(H,31,41)(H,32,40)/b28-10+/t14-,15-,16-,17-,18-,21-/m0/s1. The summed E-state index contributed by atoms with van der Waals surface area (Å²) < 4.78 is 0. The molecule has 1 fully saturated rings. The van der Waals surface area contributed by atoms with Gasteiger partial charge in [0, 0.05) is 6.54 Å². The lowest BCUT2D eigenvalue weighted by molar-refractivity contribution is -0.135. The van der Waals surface area contributed by atoms with Gasteiger partial charge < -0.3 is 42.5 Å². The number of hydrogen-bond donors (Lipinski definition) is 8. The molecule has 1 aliphatic rings. The van der Waals surface area contributed by atoms with Gasteiger partial charge in [-0.15, -0.1) is 0 Å². The van der Waals surface area contributed by atoms with Crippen LogP contribution in [0.3, 0.4) is 0 Å². The zero-order valence-corrected chi connectivity index (χ0v) is 24.2. The van der Waals surface area contributed by atoms with Crippen LogP contribution in [0.2, 0.25) is 0 Å². The lowest BCUT2D eigenvalue weighted by Crippen LogP contribution is -2.57. The highest BCUT2D eigenvalue weighted by Gasteiger charge is 2.35. The fraction of sp³-hybridized carbons (Fsp3) is 0.680. The number of carbonyl (C=O) groups excluding carboxylic acids is 7. The van der Waals surface area contributed by atoms with Crippen molar-refractivity contribution in [1.82, 2.24) is 26.3 Å². The summed E-state index contributed by atoms with van der Waals surface area (Å²) in [6.45, 7) is 5.66. The third-order valence-corrected chi connectivity index (χ3v) is 6.38. The fourth-order valence-electron chi connectivity index (χ4n) is 4.02. The molecule has 1 heterocycles. The van der Waals surface area contributed by atoms with Gasteiger partial charge in [-0.05, 0) is 39.0 Å². The number of aliphatic hydroxyl groups is 2. The Hall–Kier alpha value is -3.96. The maximum absolute atomic E-state index is 12.9. The fourth-order valence-corrected chi connectivity index (χ4v) is 4.02. The number of hydrazone groups is 1. The van der Waals surface area contributed by atoms with Crippen molar-refractivity contribution >= 4 is 47.4 Å². The zero-order chi connectivity index (χ0) is 32.1. The summed E-state index contributed by atoms with van der Waals surface area (Å²) in [5.74, 6) is -5.43. The summed E-state index contributed by atoms with van der Waals surface area (Å²) in [7, 11) is 0. The van der Waals surface area contributed by atoms with Crippen LogP contribution in [-0.2, 0) is 33.6 Å². The monoisotopic (exact) mass is 598 g/mol. The minimum atomic E-state index is -1.49. The average molecular weight is 599 g/mol. The predicted molar refractivity (Wildman–Crippen MR) is 148 cm³/mol. The van der Waals surface area contributed by atoms with E-state index in [1.165, 1.54) is 18.7 Å². The molecule has 0 saturated carbocycles. The summed E-state index contributed by atoms with van der Waals surface area (Å²) in [6.07, 6.45) is -0.126. The van der Waals surface area contributed by atoms with Crippen molar-refractivity contribution in [3.05, 3.63) is 0 Å². The van der Waals surface area contributed by atoms with Crippen LogP contribution in [0.1, 0.15) is 53.4 Å². The Balaban J connectivity index is 2.91. The summed E-state index contributed by atoms with van der Waals surface area (Å²) in [5, 5.41) is 29.5. The molecule has 0 aromatic rings. The van der Waals surface area contributed by atoms with Crippen molar-refractivity contribution < 1.29 is 43.8 Å². The Morgan fingerprint density at radius 1 is 0.976 bits per heavy atom. The van der Waals surface area contributed by atoms with E-state index in [0.29, 0.717) is 12.8 Å². The first kappa shape index (κ1) is 36.1. The quantitative estimate of drug-likeness (QED) is 0.0625. The van der Waals surface area contributed by atoms with E-state index in [9.17, 15) is 43.8 Å². The lowest BCUT2D eigenvalue weighted by Gasteiger charge is -2.25. The van der Waals surface area contributed by atoms with Gasteiger partial charge in [0.05, 0.1) is 19.1 Å². The lowest BCUT2D eigenvalue weighted by atomic mass is 10.0. The van der Waals surface area contributed by atoms with E-state index in [1.54, 1.807) is 13.8 Å². The van der Waals surface area contributed by atoms with Crippen molar-refractivity contribution in [2.24, 2.45) is 22.5 Å². The number of hydrogen-bond acceptors (Lipinski definition) is 11. The summed E-state index contributed by atoms with van der Waals surface area (Å²) >= 11 is 0. The second kappa shape index (κ2) is 17.1. The number of nitrogens with one attached hydrogen (secondary N) is 4. The molecule has 1 rings (SSSR count). The van der Waals surface area contributed by atoms with Gasteiger partial charge in [0.2, 0.25) is 23.6 Å². The highest BCUT2D eigenvalue weighted by Crippen LogP contribution is 2.17. The van der Waals surface area contributed by atoms with Crippen LogP contribution in [0, 0.1) is 5.92 Å². The molecule has 17 nitrogen and oxygen atoms in total. The van der Waals surface area contributed by atoms with E-state index in [2.05, 4.69) is 26.5 Å². The molecule has 10 N–H and O–H groups in total. The Labute approximate surface area is 243 Å². The van der Waals surface area contributed by atoms with Crippen LogP contribution in [0.4, 0.5) is 0 Å². The highest BCUT2D eigenvalue weighted by molar-refractivity contribution is 6.27. The Kier molecular flexibility index (Phi) is 14.7. The first-order valence-corrected chi connectivity index (χ1v) is 13.5. The van der Waals surface area contributed by atoms with Crippen molar-refractivity contribution in [2.75, 3.05) is 13.2 Å². The molecule has 6 atom stereocenters. The van der Waals surface area contributed by atoms with Crippen LogP contribution < -0.4 is 32.8 Å². The van der Waals surface area contributed by atoms with Gasteiger partial charge in [0.25, 0.3) is 11.8 Å². The second-order valence-electron chi connectivity index (χ2n) is 10.5. The Morgan fingerprint density at radius 2 is 1.60 bits per heavy atom. The topological polar surface area (TPSA) is 276 Å². The molecule has 0 bridgehead atoms. The third kappa shape index (κ3) is 11.5. The molecule has 1 saturated heterocycles. The number of amides is 6. The molecule has 6 amide bonds. The molecule has 1 aliphatic heterocycles. The van der Waals surface area contributed by atoms with E-state index in [0.717, 1.165) is 6.21 Å². The van der Waals surface area contributed by atoms with Crippen LogP contribution in [0.5, 0.6) is 0 Å². The van der Waals surface area contributed by atoms with Crippen LogP contribution in [0.15, 0.2) is 5.10 Å². The van der Waals surface area contributed by atoms with E-state index >= 15 is 0 Å². The molecular weight excluding hydrogens is 556 g/mol. The zero-order valence-electron chi connectivity index (χ0n) is 24.2. The molecular formula is C25H42N8O9. The highest BCUT2D eigenvalue weighted by atomic mass is 16.3. The van der Waals surface area contributed by atoms with Gasteiger partial charge in [-0.1, -0.05) is 13.8 Å². The molecule has 0 aliphatic carbocycles. The first-order chi connectivity index (χ1) is 19.6. The number of Topliss-reactive ketones (excluding diaryl/α,β-unsaturated/α-hetero) is 1. The van der Waals surface area contributed by atoms with E-state index in [-0.39, 0.29) is 18.9 Å². The number of primary amides is 1. The van der Waals surface area contributed by atoms with E-state index in [4.69, 9.17) is 11.5 Å². The first-order valence-electron chi connectivity index (χ1n) is 13.5. The summed E-state index contributed by atoms with van der Waals surface area (Å²) in [6, 6.07) is -6.07. The molecule has 17 heteroatoms. The maximum atomic E-state index is 12.9. The Morgan fingerprint density at radius 3 is 2.12 bits per heavy atom. The van der Waals surface area contributed by atoms with E-state index < -0.39 is 90.6 Å². The number of nitrogens with zero attached hydrogens (tertiary/aromatic N) is 2.